The van der Waals surface area contributed by atoms with Gasteiger partial charge in [-0.1, -0.05) is 11.3 Å². The molecule has 102 valence electrons. The Balaban J connectivity index is 1.82. The molecule has 1 amide bonds. The summed E-state index contributed by atoms with van der Waals surface area (Å²) < 4.78 is 0. The van der Waals surface area contributed by atoms with Gasteiger partial charge in [0.15, 0.2) is 5.13 Å². The summed E-state index contributed by atoms with van der Waals surface area (Å²) in [5, 5.41) is 3.34. The van der Waals surface area contributed by atoms with Crippen molar-refractivity contribution in [2.45, 2.75) is 13.5 Å². The number of anilines is 3. The molecule has 0 saturated carbocycles. The van der Waals surface area contributed by atoms with Crippen LogP contribution in [0.3, 0.4) is 0 Å². The van der Waals surface area contributed by atoms with E-state index in [-0.39, 0.29) is 5.91 Å². The Hall–Kier alpha value is -2.41. The number of thiazole rings is 1. The lowest BCUT2D eigenvalue weighted by Gasteiger charge is -2.22. The summed E-state index contributed by atoms with van der Waals surface area (Å²) in [6, 6.07) is 3.68. The lowest BCUT2D eigenvalue weighted by Crippen LogP contribution is -2.19. The molecule has 3 heterocycles. The predicted octanol–water partition coefficient (Wildman–Crippen LogP) is 2.07. The molecule has 1 aliphatic rings. The van der Waals surface area contributed by atoms with Crippen LogP contribution in [-0.4, -0.2) is 15.9 Å². The van der Waals surface area contributed by atoms with Gasteiger partial charge in [-0.3, -0.25) is 4.79 Å². The monoisotopic (exact) mass is 287 g/mol. The van der Waals surface area contributed by atoms with E-state index >= 15 is 0 Å². The van der Waals surface area contributed by atoms with Gasteiger partial charge in [0.25, 0.3) is 0 Å². The maximum atomic E-state index is 11.1. The normalized spacial score (nSPS) is 13.2. The first-order valence-corrected chi connectivity index (χ1v) is 6.87. The van der Waals surface area contributed by atoms with Crippen LogP contribution in [-0.2, 0) is 11.3 Å². The first-order valence-electron chi connectivity index (χ1n) is 6.05. The first kappa shape index (κ1) is 12.6. The van der Waals surface area contributed by atoms with Crippen LogP contribution in [0.4, 0.5) is 16.6 Å². The molecule has 3 rings (SSSR count). The highest BCUT2D eigenvalue weighted by Gasteiger charge is 2.17. The highest BCUT2D eigenvalue weighted by atomic mass is 32.1. The van der Waals surface area contributed by atoms with Crippen molar-refractivity contribution in [1.29, 1.82) is 0 Å². The molecule has 0 aliphatic carbocycles. The SMILES string of the molecule is CC(=O)Nc1nc2c(s1)C=CN(c1ccc(N)nc1)C2. The molecule has 0 saturated heterocycles. The van der Waals surface area contributed by atoms with Crippen LogP contribution in [0.1, 0.15) is 17.5 Å². The largest absolute Gasteiger partial charge is 0.384 e. The van der Waals surface area contributed by atoms with Crippen LogP contribution in [0.5, 0.6) is 0 Å². The van der Waals surface area contributed by atoms with E-state index in [1.54, 1.807) is 12.3 Å². The van der Waals surface area contributed by atoms with Crippen LogP contribution in [0.15, 0.2) is 24.5 Å². The Morgan fingerprint density at radius 2 is 2.35 bits per heavy atom. The van der Waals surface area contributed by atoms with Crippen molar-refractivity contribution in [2.24, 2.45) is 0 Å². The molecule has 6 nitrogen and oxygen atoms in total. The topological polar surface area (TPSA) is 84.1 Å². The van der Waals surface area contributed by atoms with E-state index in [2.05, 4.69) is 15.3 Å². The summed E-state index contributed by atoms with van der Waals surface area (Å²) >= 11 is 1.47. The van der Waals surface area contributed by atoms with Crippen LogP contribution in [0.25, 0.3) is 6.08 Å². The molecule has 2 aromatic heterocycles. The fourth-order valence-corrected chi connectivity index (χ4v) is 2.84. The lowest BCUT2D eigenvalue weighted by molar-refractivity contribution is -0.114. The van der Waals surface area contributed by atoms with Crippen molar-refractivity contribution < 1.29 is 4.79 Å². The standard InChI is InChI=1S/C13H13N5OS/c1-8(19)16-13-17-10-7-18(5-4-11(10)20-13)9-2-3-12(14)15-6-9/h2-6H,7H2,1H3,(H2,14,15)(H,16,17,19). The van der Waals surface area contributed by atoms with E-state index in [0.717, 1.165) is 16.3 Å². The van der Waals surface area contributed by atoms with Crippen molar-refractivity contribution in [3.05, 3.63) is 35.1 Å². The van der Waals surface area contributed by atoms with E-state index < -0.39 is 0 Å². The summed E-state index contributed by atoms with van der Waals surface area (Å²) in [7, 11) is 0. The maximum Gasteiger partial charge on any atom is 0.223 e. The third-order valence-corrected chi connectivity index (χ3v) is 3.82. The average Bonchev–Trinajstić information content (AvgIpc) is 2.79. The number of fused-ring (bicyclic) bond motifs is 1. The van der Waals surface area contributed by atoms with Gasteiger partial charge >= 0.3 is 0 Å². The first-order chi connectivity index (χ1) is 9.61. The third kappa shape index (κ3) is 2.48. The number of hydrogen-bond donors (Lipinski definition) is 2. The molecule has 1 aliphatic heterocycles. The number of hydrogen-bond acceptors (Lipinski definition) is 6. The van der Waals surface area contributed by atoms with Crippen LogP contribution < -0.4 is 16.0 Å². The number of pyridine rings is 1. The van der Waals surface area contributed by atoms with Gasteiger partial charge in [-0.05, 0) is 18.2 Å². The van der Waals surface area contributed by atoms with E-state index in [9.17, 15) is 4.79 Å². The van der Waals surface area contributed by atoms with Crippen molar-refractivity contribution in [3.63, 3.8) is 0 Å². The Bertz CT molecular complexity index is 677. The number of nitrogens with one attached hydrogen (secondary N) is 1. The zero-order chi connectivity index (χ0) is 14.1. The number of nitrogens with two attached hydrogens (primary N) is 1. The van der Waals surface area contributed by atoms with Crippen molar-refractivity contribution in [1.82, 2.24) is 9.97 Å². The highest BCUT2D eigenvalue weighted by Crippen LogP contribution is 2.30. The third-order valence-electron chi connectivity index (χ3n) is 2.84. The molecule has 0 atom stereocenters. The van der Waals surface area contributed by atoms with E-state index in [4.69, 9.17) is 5.73 Å². The average molecular weight is 287 g/mol. The van der Waals surface area contributed by atoms with E-state index in [1.807, 2.05) is 23.2 Å². The van der Waals surface area contributed by atoms with Gasteiger partial charge < -0.3 is 16.0 Å². The highest BCUT2D eigenvalue weighted by molar-refractivity contribution is 7.16. The molecule has 2 aromatic rings. The second-order valence-electron chi connectivity index (χ2n) is 4.40. The number of nitrogen functional groups attached to an aromatic ring is 1. The fraction of sp³-hybridized carbons (Fsp3) is 0.154. The predicted molar refractivity (Wildman–Crippen MR) is 80.3 cm³/mol. The molecule has 0 unspecified atom stereocenters. The molecular weight excluding hydrogens is 274 g/mol. The molecule has 0 spiro atoms. The molecular formula is C13H13N5OS. The number of nitrogens with zero attached hydrogens (tertiary/aromatic N) is 3. The zero-order valence-corrected chi connectivity index (χ0v) is 11.6. The lowest BCUT2D eigenvalue weighted by atomic mass is 10.2. The summed E-state index contributed by atoms with van der Waals surface area (Å²) in [5.74, 6) is 0.386. The van der Waals surface area contributed by atoms with Crippen LogP contribution in [0.2, 0.25) is 0 Å². The van der Waals surface area contributed by atoms with Gasteiger partial charge in [0.2, 0.25) is 5.91 Å². The number of carbonyl (C=O) groups is 1. The van der Waals surface area contributed by atoms with Crippen LogP contribution in [0, 0.1) is 0 Å². The molecule has 0 aromatic carbocycles. The summed E-state index contributed by atoms with van der Waals surface area (Å²) in [4.78, 5) is 22.7. The minimum absolute atomic E-state index is 0.111. The van der Waals surface area contributed by atoms with Crippen molar-refractivity contribution >= 4 is 40.0 Å². The smallest absolute Gasteiger partial charge is 0.223 e. The van der Waals surface area contributed by atoms with Gasteiger partial charge in [0.1, 0.15) is 5.82 Å². The quantitative estimate of drug-likeness (QED) is 0.883. The van der Waals surface area contributed by atoms with Gasteiger partial charge in [0, 0.05) is 13.1 Å². The van der Waals surface area contributed by atoms with Gasteiger partial charge in [-0.2, -0.15) is 0 Å². The molecule has 0 fully saturated rings. The number of carbonyl (C=O) groups excluding carboxylic acids is 1. The van der Waals surface area contributed by atoms with Crippen LogP contribution >= 0.6 is 11.3 Å². The van der Waals surface area contributed by atoms with E-state index in [1.165, 1.54) is 18.3 Å². The second kappa shape index (κ2) is 4.93. The molecule has 20 heavy (non-hydrogen) atoms. The van der Waals surface area contributed by atoms with Gasteiger partial charge in [0.05, 0.1) is 29.0 Å². The summed E-state index contributed by atoms with van der Waals surface area (Å²) in [5.41, 5.74) is 7.48. The van der Waals surface area contributed by atoms with E-state index in [0.29, 0.717) is 17.5 Å². The second-order valence-corrected chi connectivity index (χ2v) is 5.43. The number of amides is 1. The molecule has 0 bridgehead atoms. The summed E-state index contributed by atoms with van der Waals surface area (Å²) in [6.07, 6.45) is 5.69. The Morgan fingerprint density at radius 3 is 3.05 bits per heavy atom. The van der Waals surface area contributed by atoms with Gasteiger partial charge in [-0.25, -0.2) is 9.97 Å². The molecule has 0 radical (unpaired) electrons. The van der Waals surface area contributed by atoms with Crippen molar-refractivity contribution in [3.8, 4) is 0 Å². The Morgan fingerprint density at radius 1 is 1.50 bits per heavy atom. The summed E-state index contributed by atoms with van der Waals surface area (Å²) in [6.45, 7) is 2.12. The number of rotatable bonds is 2. The number of aromatic nitrogens is 2. The Labute approximate surface area is 120 Å². The Kier molecular flexibility index (Phi) is 3.11. The maximum absolute atomic E-state index is 11.1. The minimum Gasteiger partial charge on any atom is -0.384 e. The minimum atomic E-state index is -0.111. The van der Waals surface area contributed by atoms with Gasteiger partial charge in [-0.15, -0.1) is 0 Å². The van der Waals surface area contributed by atoms with Crippen molar-refractivity contribution in [2.75, 3.05) is 16.0 Å². The molecule has 7 heteroatoms. The molecule has 3 N–H and O–H groups in total. The fourth-order valence-electron chi connectivity index (χ4n) is 1.93. The zero-order valence-electron chi connectivity index (χ0n) is 10.8.